The van der Waals surface area contributed by atoms with Gasteiger partial charge in [0.05, 0.1) is 11.9 Å². The molecule has 0 radical (unpaired) electrons. The molecule has 28 heavy (non-hydrogen) atoms. The summed E-state index contributed by atoms with van der Waals surface area (Å²) in [6.07, 6.45) is -3.46. The van der Waals surface area contributed by atoms with Crippen LogP contribution in [0.2, 0.25) is 0 Å². The van der Waals surface area contributed by atoms with Crippen LogP contribution in [0.4, 0.5) is 29.5 Å². The molecule has 1 aromatic carbocycles. The molecule has 7 nitrogen and oxygen atoms in total. The fraction of sp³-hybridized carbons (Fsp3) is 0.278. The highest BCUT2D eigenvalue weighted by molar-refractivity contribution is 6.04. The van der Waals surface area contributed by atoms with Crippen molar-refractivity contribution in [1.82, 2.24) is 9.88 Å². The van der Waals surface area contributed by atoms with Crippen molar-refractivity contribution in [3.8, 4) is 5.75 Å². The molecule has 0 unspecified atom stereocenters. The van der Waals surface area contributed by atoms with E-state index in [0.29, 0.717) is 31.1 Å². The lowest BCUT2D eigenvalue weighted by molar-refractivity contribution is -0.274. The molecule has 0 spiro atoms. The Morgan fingerprint density at radius 2 is 2.04 bits per heavy atom. The fourth-order valence-electron chi connectivity index (χ4n) is 2.75. The Morgan fingerprint density at radius 3 is 2.64 bits per heavy atom. The van der Waals surface area contributed by atoms with Gasteiger partial charge in [-0.15, -0.1) is 13.2 Å². The zero-order chi connectivity index (χ0) is 20.3. The van der Waals surface area contributed by atoms with Crippen LogP contribution in [0.5, 0.6) is 5.75 Å². The van der Waals surface area contributed by atoms with Crippen LogP contribution in [0.3, 0.4) is 0 Å². The Hall–Kier alpha value is -3.30. The van der Waals surface area contributed by atoms with Crippen LogP contribution in [0, 0.1) is 0 Å². The minimum absolute atomic E-state index is 0.000801. The molecular weight excluding hydrogens is 377 g/mol. The van der Waals surface area contributed by atoms with Gasteiger partial charge in [-0.25, -0.2) is 9.78 Å². The normalized spacial score (nSPS) is 14.4. The number of benzene rings is 1. The first kappa shape index (κ1) is 19.5. The van der Waals surface area contributed by atoms with Gasteiger partial charge in [0.1, 0.15) is 11.6 Å². The zero-order valence-corrected chi connectivity index (χ0v) is 14.9. The summed E-state index contributed by atoms with van der Waals surface area (Å²) in [6.45, 7) is 3.64. The average molecular weight is 394 g/mol. The van der Waals surface area contributed by atoms with Crippen LogP contribution in [0.1, 0.15) is 17.3 Å². The first-order valence-corrected chi connectivity index (χ1v) is 8.46. The van der Waals surface area contributed by atoms with Gasteiger partial charge in [0.25, 0.3) is 5.91 Å². The van der Waals surface area contributed by atoms with E-state index in [2.05, 4.69) is 15.0 Å². The Labute approximate surface area is 158 Å². The molecule has 2 heterocycles. The molecule has 1 aromatic heterocycles. The van der Waals surface area contributed by atoms with Gasteiger partial charge in [0.2, 0.25) is 0 Å². The van der Waals surface area contributed by atoms with E-state index in [4.69, 9.17) is 0 Å². The molecule has 0 atom stereocenters. The number of carbonyl (C=O) groups excluding carboxylic acids is 2. The van der Waals surface area contributed by atoms with Crippen LogP contribution in [0.25, 0.3) is 0 Å². The number of anilines is 2. The molecule has 1 aliphatic rings. The molecular formula is C18H17F3N4O3. The molecule has 10 heteroatoms. The Bertz CT molecular complexity index is 871. The number of nitrogens with zero attached hydrogens (tertiary/aromatic N) is 3. The van der Waals surface area contributed by atoms with Crippen molar-refractivity contribution in [2.45, 2.75) is 13.3 Å². The van der Waals surface area contributed by atoms with E-state index in [0.717, 1.165) is 12.1 Å². The lowest BCUT2D eigenvalue weighted by atomic mass is 10.2. The van der Waals surface area contributed by atoms with Crippen LogP contribution in [-0.4, -0.2) is 47.8 Å². The van der Waals surface area contributed by atoms with Crippen molar-refractivity contribution >= 4 is 23.4 Å². The summed E-state index contributed by atoms with van der Waals surface area (Å²) in [6, 6.07) is 7.78. The second kappa shape index (κ2) is 7.75. The topological polar surface area (TPSA) is 74.8 Å². The van der Waals surface area contributed by atoms with Gasteiger partial charge in [-0.05, 0) is 37.3 Å². The Morgan fingerprint density at radius 1 is 1.25 bits per heavy atom. The number of halogens is 3. The molecule has 0 saturated carbocycles. The van der Waals surface area contributed by atoms with Crippen LogP contribution >= 0.6 is 0 Å². The van der Waals surface area contributed by atoms with Gasteiger partial charge < -0.3 is 15.0 Å². The summed E-state index contributed by atoms with van der Waals surface area (Å²) in [5.74, 6) is -0.641. The number of urea groups is 1. The molecule has 1 N–H and O–H groups in total. The number of amides is 3. The minimum atomic E-state index is -4.84. The average Bonchev–Trinajstić information content (AvgIpc) is 3.02. The van der Waals surface area contributed by atoms with Crippen LogP contribution in [0.15, 0.2) is 42.6 Å². The predicted molar refractivity (Wildman–Crippen MR) is 95.3 cm³/mol. The van der Waals surface area contributed by atoms with Gasteiger partial charge in [0, 0.05) is 25.2 Å². The SMILES string of the molecule is CCN1CCN(c2ccc(NC(=O)c3cccc(OC(F)(F)F)c3)cn2)C1=O. The van der Waals surface area contributed by atoms with E-state index >= 15 is 0 Å². The zero-order valence-electron chi connectivity index (χ0n) is 14.9. The van der Waals surface area contributed by atoms with Gasteiger partial charge in [-0.3, -0.25) is 9.69 Å². The van der Waals surface area contributed by atoms with Crippen molar-refractivity contribution in [2.24, 2.45) is 0 Å². The smallest absolute Gasteiger partial charge is 0.406 e. The molecule has 1 fully saturated rings. The maximum absolute atomic E-state index is 12.3. The monoisotopic (exact) mass is 394 g/mol. The van der Waals surface area contributed by atoms with E-state index in [-0.39, 0.29) is 11.6 Å². The molecule has 1 saturated heterocycles. The fourth-order valence-corrected chi connectivity index (χ4v) is 2.75. The summed E-state index contributed by atoms with van der Waals surface area (Å²) in [7, 11) is 0. The lowest BCUT2D eigenvalue weighted by Gasteiger charge is -2.16. The van der Waals surface area contributed by atoms with Crippen LogP contribution < -0.4 is 15.0 Å². The molecule has 0 aliphatic carbocycles. The number of rotatable bonds is 5. The number of hydrogen-bond acceptors (Lipinski definition) is 4. The Balaban J connectivity index is 1.67. The van der Waals surface area contributed by atoms with Gasteiger partial charge in [-0.2, -0.15) is 0 Å². The van der Waals surface area contributed by atoms with Crippen molar-refractivity contribution in [1.29, 1.82) is 0 Å². The highest BCUT2D eigenvalue weighted by Gasteiger charge is 2.31. The Kier molecular flexibility index (Phi) is 5.39. The van der Waals surface area contributed by atoms with E-state index < -0.39 is 18.0 Å². The second-order valence-corrected chi connectivity index (χ2v) is 5.95. The predicted octanol–water partition coefficient (Wildman–Crippen LogP) is 3.49. The third kappa shape index (κ3) is 4.51. The van der Waals surface area contributed by atoms with E-state index in [9.17, 15) is 22.8 Å². The molecule has 3 amide bonds. The van der Waals surface area contributed by atoms with Gasteiger partial charge in [-0.1, -0.05) is 6.07 Å². The molecule has 3 rings (SSSR count). The first-order valence-electron chi connectivity index (χ1n) is 8.46. The summed E-state index contributed by atoms with van der Waals surface area (Å²) < 4.78 is 40.7. The summed E-state index contributed by atoms with van der Waals surface area (Å²) in [5, 5.41) is 2.55. The van der Waals surface area contributed by atoms with E-state index in [1.54, 1.807) is 17.0 Å². The summed E-state index contributed by atoms with van der Waals surface area (Å²) in [5.41, 5.74) is 0.342. The van der Waals surface area contributed by atoms with Gasteiger partial charge >= 0.3 is 12.4 Å². The maximum Gasteiger partial charge on any atom is 0.573 e. The quantitative estimate of drug-likeness (QED) is 0.843. The van der Waals surface area contributed by atoms with Crippen molar-refractivity contribution < 1.29 is 27.5 Å². The number of likely N-dealkylation sites (N-methyl/N-ethyl adjacent to an activating group) is 1. The molecule has 1 aliphatic heterocycles. The minimum Gasteiger partial charge on any atom is -0.406 e. The second-order valence-electron chi connectivity index (χ2n) is 5.95. The van der Waals surface area contributed by atoms with Crippen molar-refractivity contribution in [3.05, 3.63) is 48.2 Å². The van der Waals surface area contributed by atoms with Crippen LogP contribution in [-0.2, 0) is 0 Å². The van der Waals surface area contributed by atoms with Crippen molar-refractivity contribution in [2.75, 3.05) is 29.9 Å². The standard InChI is InChI=1S/C18H17F3N4O3/c1-2-24-8-9-25(17(24)27)15-7-6-13(11-22-15)23-16(26)12-4-3-5-14(10-12)28-18(19,20)21/h3-7,10-11H,2,8-9H2,1H3,(H,23,26). The number of ether oxygens (including phenoxy) is 1. The highest BCUT2D eigenvalue weighted by atomic mass is 19.4. The summed E-state index contributed by atoms with van der Waals surface area (Å²) in [4.78, 5) is 31.8. The molecule has 2 aromatic rings. The largest absolute Gasteiger partial charge is 0.573 e. The third-order valence-electron chi connectivity index (χ3n) is 4.09. The van der Waals surface area contributed by atoms with E-state index in [1.807, 2.05) is 6.92 Å². The first-order chi connectivity index (χ1) is 13.3. The molecule has 148 valence electrons. The lowest BCUT2D eigenvalue weighted by Crippen LogP contribution is -2.32. The number of nitrogens with one attached hydrogen (secondary N) is 1. The molecule has 0 bridgehead atoms. The number of carbonyl (C=O) groups is 2. The number of aromatic nitrogens is 1. The maximum atomic E-state index is 12.3. The van der Waals surface area contributed by atoms with E-state index in [1.165, 1.54) is 23.2 Å². The number of alkyl halides is 3. The van der Waals surface area contributed by atoms with Crippen molar-refractivity contribution in [3.63, 3.8) is 0 Å². The number of pyridine rings is 1. The highest BCUT2D eigenvalue weighted by Crippen LogP contribution is 2.24. The van der Waals surface area contributed by atoms with Gasteiger partial charge in [0.15, 0.2) is 0 Å². The summed E-state index contributed by atoms with van der Waals surface area (Å²) >= 11 is 0. The third-order valence-corrected chi connectivity index (χ3v) is 4.09. The number of hydrogen-bond donors (Lipinski definition) is 1.